The first-order valence-electron chi connectivity index (χ1n) is 7.36. The Hall–Kier alpha value is -0.320. The van der Waals surface area contributed by atoms with Crippen molar-refractivity contribution in [2.75, 3.05) is 39.4 Å². The van der Waals surface area contributed by atoms with Crippen LogP contribution in [0.5, 0.6) is 0 Å². The smallest absolute Gasteiger partial charge is 0.228 e. The van der Waals surface area contributed by atoms with Crippen LogP contribution < -0.4 is 5.32 Å². The first-order valence-corrected chi connectivity index (χ1v) is 7.36. The third-order valence-corrected chi connectivity index (χ3v) is 4.98. The predicted octanol–water partition coefficient (Wildman–Crippen LogP) is 1.44. The zero-order valence-electron chi connectivity index (χ0n) is 11.5. The fraction of sp³-hybridized carbons (Fsp3) is 0.929. The molecule has 0 aromatic rings. The highest BCUT2D eigenvalue weighted by atomic mass is 35.5. The van der Waals surface area contributed by atoms with Crippen LogP contribution in [0.1, 0.15) is 32.1 Å². The van der Waals surface area contributed by atoms with E-state index < -0.39 is 0 Å². The topological polar surface area (TPSA) is 41.6 Å². The second-order valence-corrected chi connectivity index (χ2v) is 6.17. The number of nitrogens with zero attached hydrogens (tertiary/aromatic N) is 1. The van der Waals surface area contributed by atoms with Crippen molar-refractivity contribution in [2.24, 2.45) is 11.3 Å². The number of carbonyl (C=O) groups excluding carboxylic acids is 1. The number of halogens is 1. The van der Waals surface area contributed by atoms with E-state index in [9.17, 15) is 4.79 Å². The summed E-state index contributed by atoms with van der Waals surface area (Å²) in [5.74, 6) is 0.477. The van der Waals surface area contributed by atoms with Crippen molar-refractivity contribution < 1.29 is 9.53 Å². The Morgan fingerprint density at radius 1 is 1.26 bits per heavy atom. The van der Waals surface area contributed by atoms with Crippen molar-refractivity contribution >= 4 is 18.3 Å². The van der Waals surface area contributed by atoms with Crippen LogP contribution in [0.3, 0.4) is 0 Å². The summed E-state index contributed by atoms with van der Waals surface area (Å²) in [7, 11) is 0. The van der Waals surface area contributed by atoms with Crippen LogP contribution in [0.25, 0.3) is 0 Å². The molecule has 0 aromatic heterocycles. The zero-order valence-corrected chi connectivity index (χ0v) is 12.3. The summed E-state index contributed by atoms with van der Waals surface area (Å²) in [6, 6.07) is 0. The van der Waals surface area contributed by atoms with E-state index in [-0.39, 0.29) is 18.3 Å². The standard InChI is InChI=1S/C14H24N2O2.ClH/c17-13(12-2-1-9-18-10-12)16-7-4-14(5-8-16)3-6-15-11-14;/h12,15H,1-11H2;1H. The summed E-state index contributed by atoms with van der Waals surface area (Å²) >= 11 is 0. The lowest BCUT2D eigenvalue weighted by atomic mass is 9.77. The van der Waals surface area contributed by atoms with Gasteiger partial charge < -0.3 is 15.0 Å². The van der Waals surface area contributed by atoms with E-state index in [2.05, 4.69) is 10.2 Å². The van der Waals surface area contributed by atoms with Crippen molar-refractivity contribution in [1.29, 1.82) is 0 Å². The minimum atomic E-state index is 0. The molecule has 3 aliphatic heterocycles. The minimum absolute atomic E-state index is 0. The molecular formula is C14H25ClN2O2. The monoisotopic (exact) mass is 288 g/mol. The minimum Gasteiger partial charge on any atom is -0.381 e. The Balaban J connectivity index is 0.00000133. The van der Waals surface area contributed by atoms with Crippen LogP contribution in [0.2, 0.25) is 0 Å². The number of piperidine rings is 1. The molecule has 0 aromatic carbocycles. The lowest BCUT2D eigenvalue weighted by molar-refractivity contribution is -0.141. The highest BCUT2D eigenvalue weighted by Crippen LogP contribution is 2.37. The number of rotatable bonds is 1. The van der Waals surface area contributed by atoms with Crippen molar-refractivity contribution in [2.45, 2.75) is 32.1 Å². The van der Waals surface area contributed by atoms with E-state index >= 15 is 0 Å². The molecule has 3 aliphatic rings. The summed E-state index contributed by atoms with van der Waals surface area (Å²) in [5, 5.41) is 3.47. The third-order valence-electron chi connectivity index (χ3n) is 4.98. The first-order chi connectivity index (χ1) is 8.79. The molecule has 1 N–H and O–H groups in total. The Kier molecular flexibility index (Phi) is 5.09. The Bertz CT molecular complexity index is 303. The summed E-state index contributed by atoms with van der Waals surface area (Å²) in [6.07, 6.45) is 5.71. The van der Waals surface area contributed by atoms with E-state index in [1.165, 1.54) is 19.3 Å². The molecule has 5 heteroatoms. The van der Waals surface area contributed by atoms with E-state index in [1.54, 1.807) is 0 Å². The largest absolute Gasteiger partial charge is 0.381 e. The lowest BCUT2D eigenvalue weighted by Crippen LogP contribution is -2.47. The maximum atomic E-state index is 12.4. The van der Waals surface area contributed by atoms with Gasteiger partial charge in [-0.15, -0.1) is 12.4 Å². The fourth-order valence-electron chi connectivity index (χ4n) is 3.62. The summed E-state index contributed by atoms with van der Waals surface area (Å²) in [4.78, 5) is 14.5. The Labute approximate surface area is 121 Å². The molecular weight excluding hydrogens is 264 g/mol. The number of hydrogen-bond donors (Lipinski definition) is 1. The van der Waals surface area contributed by atoms with Crippen molar-refractivity contribution in [3.8, 4) is 0 Å². The molecule has 19 heavy (non-hydrogen) atoms. The van der Waals surface area contributed by atoms with Gasteiger partial charge in [-0.1, -0.05) is 0 Å². The number of carbonyl (C=O) groups is 1. The van der Waals surface area contributed by atoms with E-state index in [0.29, 0.717) is 17.9 Å². The van der Waals surface area contributed by atoms with Crippen molar-refractivity contribution in [3.05, 3.63) is 0 Å². The van der Waals surface area contributed by atoms with Gasteiger partial charge in [0.05, 0.1) is 12.5 Å². The molecule has 0 saturated carbocycles. The van der Waals surface area contributed by atoms with Crippen LogP contribution in [-0.4, -0.2) is 50.2 Å². The van der Waals surface area contributed by atoms with Gasteiger partial charge in [0.2, 0.25) is 5.91 Å². The number of nitrogens with one attached hydrogen (secondary N) is 1. The number of likely N-dealkylation sites (tertiary alicyclic amines) is 1. The van der Waals surface area contributed by atoms with E-state index in [1.807, 2.05) is 0 Å². The molecule has 3 fully saturated rings. The molecule has 3 rings (SSSR count). The Morgan fingerprint density at radius 2 is 2.05 bits per heavy atom. The van der Waals surface area contributed by atoms with Gasteiger partial charge in [0.1, 0.15) is 0 Å². The summed E-state index contributed by atoms with van der Waals surface area (Å²) in [6.45, 7) is 5.70. The SMILES string of the molecule is Cl.O=C(C1CCCOC1)N1CCC2(CCNC2)CC1. The van der Waals surface area contributed by atoms with Crippen LogP contribution in [0.15, 0.2) is 0 Å². The van der Waals surface area contributed by atoms with Crippen LogP contribution in [0, 0.1) is 11.3 Å². The summed E-state index contributed by atoms with van der Waals surface area (Å²) in [5.41, 5.74) is 0.500. The predicted molar refractivity (Wildman–Crippen MR) is 76.5 cm³/mol. The summed E-state index contributed by atoms with van der Waals surface area (Å²) < 4.78 is 5.43. The van der Waals surface area contributed by atoms with Gasteiger partial charge in [0.15, 0.2) is 0 Å². The molecule has 1 spiro atoms. The van der Waals surface area contributed by atoms with Gasteiger partial charge >= 0.3 is 0 Å². The van der Waals surface area contributed by atoms with Crippen LogP contribution in [0.4, 0.5) is 0 Å². The molecule has 4 nitrogen and oxygen atoms in total. The molecule has 0 radical (unpaired) electrons. The van der Waals surface area contributed by atoms with Gasteiger partial charge in [-0.3, -0.25) is 4.79 Å². The second-order valence-electron chi connectivity index (χ2n) is 6.17. The molecule has 3 heterocycles. The average molecular weight is 289 g/mol. The van der Waals surface area contributed by atoms with Crippen molar-refractivity contribution in [1.82, 2.24) is 10.2 Å². The zero-order chi connectivity index (χ0) is 12.4. The maximum absolute atomic E-state index is 12.4. The molecule has 0 aliphatic carbocycles. The van der Waals surface area contributed by atoms with Gasteiger partial charge in [0, 0.05) is 26.2 Å². The molecule has 3 saturated heterocycles. The normalized spacial score (nSPS) is 30.1. The third kappa shape index (κ3) is 3.23. The first kappa shape index (κ1) is 15.1. The average Bonchev–Trinajstić information content (AvgIpc) is 2.88. The van der Waals surface area contributed by atoms with Crippen molar-refractivity contribution in [3.63, 3.8) is 0 Å². The van der Waals surface area contributed by atoms with Gasteiger partial charge in [-0.2, -0.15) is 0 Å². The molecule has 1 unspecified atom stereocenters. The maximum Gasteiger partial charge on any atom is 0.228 e. The lowest BCUT2D eigenvalue weighted by Gasteiger charge is -2.40. The van der Waals surface area contributed by atoms with E-state index in [0.717, 1.165) is 45.6 Å². The number of amides is 1. The number of ether oxygens (including phenoxy) is 1. The highest BCUT2D eigenvalue weighted by Gasteiger charge is 2.39. The number of hydrogen-bond acceptors (Lipinski definition) is 3. The highest BCUT2D eigenvalue weighted by molar-refractivity contribution is 5.85. The van der Waals surface area contributed by atoms with Crippen LogP contribution in [-0.2, 0) is 9.53 Å². The van der Waals surface area contributed by atoms with Gasteiger partial charge in [-0.25, -0.2) is 0 Å². The van der Waals surface area contributed by atoms with E-state index in [4.69, 9.17) is 4.74 Å². The molecule has 1 atom stereocenters. The van der Waals surface area contributed by atoms with Gasteiger partial charge in [0.25, 0.3) is 0 Å². The van der Waals surface area contributed by atoms with Gasteiger partial charge in [-0.05, 0) is 44.1 Å². The van der Waals surface area contributed by atoms with Crippen LogP contribution >= 0.6 is 12.4 Å². The fourth-order valence-corrected chi connectivity index (χ4v) is 3.62. The Morgan fingerprint density at radius 3 is 2.63 bits per heavy atom. The molecule has 110 valence electrons. The molecule has 0 bridgehead atoms. The second kappa shape index (κ2) is 6.42. The molecule has 1 amide bonds. The quantitative estimate of drug-likeness (QED) is 0.794.